The van der Waals surface area contributed by atoms with Gasteiger partial charge >= 0.3 is 0 Å². The highest BCUT2D eigenvalue weighted by molar-refractivity contribution is 6.05. The van der Waals surface area contributed by atoms with Gasteiger partial charge in [-0.2, -0.15) is 0 Å². The minimum absolute atomic E-state index is 0.0268. The molecule has 3 aromatic rings. The average Bonchev–Trinajstić information content (AvgIpc) is 3.33. The van der Waals surface area contributed by atoms with Gasteiger partial charge < -0.3 is 9.80 Å². The van der Waals surface area contributed by atoms with Gasteiger partial charge in [0.2, 0.25) is 5.91 Å². The molecular formula is C31H31F2N3O2. The molecular weight excluding hydrogens is 484 g/mol. The molecule has 2 aliphatic rings. The maximum atomic E-state index is 13.7. The molecule has 1 saturated heterocycles. The van der Waals surface area contributed by atoms with E-state index >= 15 is 0 Å². The van der Waals surface area contributed by atoms with Crippen molar-refractivity contribution >= 4 is 29.3 Å². The number of halogens is 2. The topological polar surface area (TPSA) is 43.9 Å². The van der Waals surface area contributed by atoms with E-state index < -0.39 is 11.6 Å². The van der Waals surface area contributed by atoms with Crippen molar-refractivity contribution in [1.82, 2.24) is 4.90 Å². The number of amides is 2. The first-order valence-electron chi connectivity index (χ1n) is 13.0. The normalized spacial score (nSPS) is 16.1. The van der Waals surface area contributed by atoms with Crippen LogP contribution in [0.15, 0.2) is 72.8 Å². The standard InChI is InChI=1S/C31H31F2N3O2/c1-22(37)35-16-11-25-8-9-29(20-30(25)35)36(31(38)10-7-24-17-26(32)19-27(33)18-24)28-12-14-34(15-13-28)21-23-5-3-2-4-6-23/h2-10,17-20,28H,11-16,21H2,1H3. The fraction of sp³-hybridized carbons (Fsp3) is 0.290. The molecule has 5 rings (SSSR count). The molecule has 2 amide bonds. The van der Waals surface area contributed by atoms with Crippen LogP contribution in [-0.4, -0.2) is 42.4 Å². The van der Waals surface area contributed by atoms with Crippen molar-refractivity contribution in [2.75, 3.05) is 29.4 Å². The van der Waals surface area contributed by atoms with E-state index in [0.29, 0.717) is 6.54 Å². The maximum absolute atomic E-state index is 13.7. The van der Waals surface area contributed by atoms with Crippen LogP contribution in [0.2, 0.25) is 0 Å². The molecule has 0 radical (unpaired) electrons. The van der Waals surface area contributed by atoms with Gasteiger partial charge in [0.1, 0.15) is 11.6 Å². The first-order valence-corrected chi connectivity index (χ1v) is 13.0. The number of rotatable bonds is 6. The Morgan fingerprint density at radius 2 is 1.66 bits per heavy atom. The molecule has 1 fully saturated rings. The number of carbonyl (C=O) groups excluding carboxylic acids is 2. The Morgan fingerprint density at radius 3 is 2.34 bits per heavy atom. The number of piperidine rings is 1. The summed E-state index contributed by atoms with van der Waals surface area (Å²) >= 11 is 0. The van der Waals surface area contributed by atoms with Crippen molar-refractivity contribution < 1.29 is 18.4 Å². The second-order valence-electron chi connectivity index (χ2n) is 9.97. The summed E-state index contributed by atoms with van der Waals surface area (Å²) in [6.07, 6.45) is 5.18. The van der Waals surface area contributed by atoms with Crippen LogP contribution in [0, 0.1) is 11.6 Å². The first kappa shape index (κ1) is 25.8. The van der Waals surface area contributed by atoms with E-state index in [1.807, 2.05) is 36.4 Å². The second kappa shape index (κ2) is 11.3. The van der Waals surface area contributed by atoms with Crippen LogP contribution in [0.4, 0.5) is 20.2 Å². The Balaban J connectivity index is 1.40. The zero-order valence-electron chi connectivity index (χ0n) is 21.4. The van der Waals surface area contributed by atoms with Crippen LogP contribution in [0.3, 0.4) is 0 Å². The zero-order valence-corrected chi connectivity index (χ0v) is 21.4. The number of nitrogens with zero attached hydrogens (tertiary/aromatic N) is 3. The van der Waals surface area contributed by atoms with Gasteiger partial charge in [-0.25, -0.2) is 8.78 Å². The number of likely N-dealkylation sites (tertiary alicyclic amines) is 1. The lowest BCUT2D eigenvalue weighted by molar-refractivity contribution is -0.116. The van der Waals surface area contributed by atoms with E-state index in [4.69, 9.17) is 0 Å². The lowest BCUT2D eigenvalue weighted by atomic mass is 10.0. The Bertz CT molecular complexity index is 1330. The Labute approximate surface area is 222 Å². The fourth-order valence-electron chi connectivity index (χ4n) is 5.46. The van der Waals surface area contributed by atoms with Crippen LogP contribution in [-0.2, 0) is 22.6 Å². The molecule has 3 aromatic carbocycles. The minimum atomic E-state index is -0.692. The number of carbonyl (C=O) groups is 2. The van der Waals surface area contributed by atoms with Crippen LogP contribution in [0.25, 0.3) is 6.08 Å². The SMILES string of the molecule is CC(=O)N1CCc2ccc(N(C(=O)C=Cc3cc(F)cc(F)c3)C3CCN(Cc4ccccc4)CC3)cc21. The number of benzene rings is 3. The number of hydrogen-bond donors (Lipinski definition) is 0. The predicted molar refractivity (Wildman–Crippen MR) is 146 cm³/mol. The Morgan fingerprint density at radius 1 is 0.947 bits per heavy atom. The van der Waals surface area contributed by atoms with E-state index in [2.05, 4.69) is 17.0 Å². The molecule has 7 heteroatoms. The van der Waals surface area contributed by atoms with E-state index in [1.165, 1.54) is 29.8 Å². The van der Waals surface area contributed by atoms with Crippen molar-refractivity contribution in [1.29, 1.82) is 0 Å². The summed E-state index contributed by atoms with van der Waals surface area (Å²) in [7, 11) is 0. The van der Waals surface area contributed by atoms with Crippen molar-refractivity contribution in [2.45, 2.75) is 38.8 Å². The number of hydrogen-bond acceptors (Lipinski definition) is 3. The van der Waals surface area contributed by atoms with Gasteiger partial charge in [-0.15, -0.1) is 0 Å². The van der Waals surface area contributed by atoms with Crippen molar-refractivity contribution in [2.24, 2.45) is 0 Å². The molecule has 0 aromatic heterocycles. The molecule has 0 bridgehead atoms. The smallest absolute Gasteiger partial charge is 0.251 e. The molecule has 2 aliphatic heterocycles. The molecule has 2 heterocycles. The van der Waals surface area contributed by atoms with Crippen LogP contribution >= 0.6 is 0 Å². The van der Waals surface area contributed by atoms with Gasteiger partial charge in [-0.05, 0) is 66.3 Å². The van der Waals surface area contributed by atoms with Crippen molar-refractivity contribution in [3.8, 4) is 0 Å². The van der Waals surface area contributed by atoms with E-state index in [-0.39, 0.29) is 23.4 Å². The first-order chi connectivity index (χ1) is 18.4. The largest absolute Gasteiger partial charge is 0.312 e. The maximum Gasteiger partial charge on any atom is 0.251 e. The van der Waals surface area contributed by atoms with Gasteiger partial charge in [-0.1, -0.05) is 36.4 Å². The lowest BCUT2D eigenvalue weighted by Gasteiger charge is -2.38. The van der Waals surface area contributed by atoms with Gasteiger partial charge in [0.05, 0.1) is 0 Å². The number of anilines is 2. The second-order valence-corrected chi connectivity index (χ2v) is 9.97. The highest BCUT2D eigenvalue weighted by Gasteiger charge is 2.30. The van der Waals surface area contributed by atoms with Crippen LogP contribution in [0.1, 0.15) is 36.5 Å². The van der Waals surface area contributed by atoms with Gasteiger partial charge in [0.15, 0.2) is 0 Å². The van der Waals surface area contributed by atoms with Crippen LogP contribution in [0.5, 0.6) is 0 Å². The number of fused-ring (bicyclic) bond motifs is 1. The molecule has 196 valence electrons. The summed E-state index contributed by atoms with van der Waals surface area (Å²) in [4.78, 5) is 31.7. The van der Waals surface area contributed by atoms with E-state index in [0.717, 1.165) is 61.9 Å². The molecule has 0 saturated carbocycles. The summed E-state index contributed by atoms with van der Waals surface area (Å²) in [6, 6.07) is 19.3. The van der Waals surface area contributed by atoms with Gasteiger partial charge in [-0.3, -0.25) is 14.5 Å². The summed E-state index contributed by atoms with van der Waals surface area (Å²) in [5.74, 6) is -1.67. The minimum Gasteiger partial charge on any atom is -0.312 e. The molecule has 0 aliphatic carbocycles. The highest BCUT2D eigenvalue weighted by atomic mass is 19.1. The lowest BCUT2D eigenvalue weighted by Crippen LogP contribution is -2.47. The summed E-state index contributed by atoms with van der Waals surface area (Å²) in [6.45, 7) is 4.72. The summed E-state index contributed by atoms with van der Waals surface area (Å²) in [5, 5.41) is 0. The molecule has 0 spiro atoms. The molecule has 0 unspecified atom stereocenters. The van der Waals surface area contributed by atoms with E-state index in [1.54, 1.807) is 16.7 Å². The van der Waals surface area contributed by atoms with Crippen molar-refractivity contribution in [3.05, 3.63) is 101 Å². The van der Waals surface area contributed by atoms with Crippen molar-refractivity contribution in [3.63, 3.8) is 0 Å². The predicted octanol–water partition coefficient (Wildman–Crippen LogP) is 5.58. The monoisotopic (exact) mass is 515 g/mol. The van der Waals surface area contributed by atoms with Gasteiger partial charge in [0, 0.05) is 62.7 Å². The molecule has 38 heavy (non-hydrogen) atoms. The fourth-order valence-corrected chi connectivity index (χ4v) is 5.46. The molecule has 0 atom stereocenters. The van der Waals surface area contributed by atoms with Crippen LogP contribution < -0.4 is 9.80 Å². The molecule has 5 nitrogen and oxygen atoms in total. The third-order valence-electron chi connectivity index (χ3n) is 7.33. The highest BCUT2D eigenvalue weighted by Crippen LogP contribution is 2.34. The van der Waals surface area contributed by atoms with E-state index in [9.17, 15) is 18.4 Å². The average molecular weight is 516 g/mol. The Hall–Kier alpha value is -3.84. The zero-order chi connectivity index (χ0) is 26.6. The third kappa shape index (κ3) is 5.83. The Kier molecular flexibility index (Phi) is 7.65. The third-order valence-corrected chi connectivity index (χ3v) is 7.33. The summed E-state index contributed by atoms with van der Waals surface area (Å²) in [5.41, 5.74) is 4.18. The van der Waals surface area contributed by atoms with Gasteiger partial charge in [0.25, 0.3) is 5.91 Å². The molecule has 0 N–H and O–H groups in total. The quantitative estimate of drug-likeness (QED) is 0.403. The summed E-state index contributed by atoms with van der Waals surface area (Å²) < 4.78 is 27.4.